The summed E-state index contributed by atoms with van der Waals surface area (Å²) in [5.74, 6) is 0.187. The normalized spacial score (nSPS) is 56.1. The van der Waals surface area contributed by atoms with E-state index in [9.17, 15) is 56.2 Å². The van der Waals surface area contributed by atoms with E-state index in [-0.39, 0.29) is 48.2 Å². The molecule has 7 aliphatic rings. The summed E-state index contributed by atoms with van der Waals surface area (Å²) < 4.78 is 24.2. The predicted octanol–water partition coefficient (Wildman–Crippen LogP) is -0.296. The van der Waals surface area contributed by atoms with Crippen molar-refractivity contribution in [1.29, 1.82) is 0 Å². The molecule has 5 aliphatic carbocycles. The zero-order chi connectivity index (χ0) is 41.8. The van der Waals surface area contributed by atoms with Crippen LogP contribution in [0.25, 0.3) is 0 Å². The van der Waals surface area contributed by atoms with Gasteiger partial charge in [-0.3, -0.25) is 0 Å². The van der Waals surface area contributed by atoms with Crippen molar-refractivity contribution in [3.8, 4) is 0 Å². The van der Waals surface area contributed by atoms with Crippen molar-refractivity contribution in [3.05, 3.63) is 11.6 Å². The summed E-state index contributed by atoms with van der Waals surface area (Å²) in [5, 5.41) is 119. The first-order valence-corrected chi connectivity index (χ1v) is 21.2. The number of hydrogen-bond acceptors (Lipinski definition) is 15. The van der Waals surface area contributed by atoms with Crippen LogP contribution in [-0.4, -0.2) is 162 Å². The first kappa shape index (κ1) is 44.2. The average Bonchev–Trinajstić information content (AvgIpc) is 3.16. The summed E-state index contributed by atoms with van der Waals surface area (Å²) in [6.07, 6.45) is -10.6. The highest BCUT2D eigenvalue weighted by Gasteiger charge is 2.71. The highest BCUT2D eigenvalue weighted by Crippen LogP contribution is 2.75. The van der Waals surface area contributed by atoms with Gasteiger partial charge in [0.05, 0.1) is 44.7 Å². The SMILES string of the molecule is CC1(C)C[C@@H]2C3=CC[C@@H]4[C@@]5(C)CC[C@H](O)[C@@](C)(CO)[C@@H]5CC[C@@]4(C)[C@]3(C)C[C@H](O)[C@@]2(CO)C[C@@H]1O[C@@H]1O[C@H](CO)[C@@H](O)[C@H](O)[C@H]1O[C@@H]1O[C@H](CO)[C@@H](O)[C@H](O)[C@H]1O. The van der Waals surface area contributed by atoms with Crippen molar-refractivity contribution in [1.82, 2.24) is 0 Å². The van der Waals surface area contributed by atoms with Gasteiger partial charge in [-0.25, -0.2) is 0 Å². The number of hydrogen-bond donors (Lipinski definition) is 11. The molecule has 57 heavy (non-hydrogen) atoms. The van der Waals surface area contributed by atoms with E-state index < -0.39 is 115 Å². The zero-order valence-electron chi connectivity index (χ0n) is 34.4. The molecule has 0 spiro atoms. The number of fused-ring (bicyclic) bond motifs is 7. The minimum absolute atomic E-state index is 0.0684. The van der Waals surface area contributed by atoms with E-state index in [0.717, 1.165) is 25.7 Å². The van der Waals surface area contributed by atoms with Gasteiger partial charge in [0.2, 0.25) is 0 Å². The summed E-state index contributed by atoms with van der Waals surface area (Å²) in [6.45, 7) is 11.3. The molecule has 0 aromatic carbocycles. The Morgan fingerprint density at radius 1 is 0.649 bits per heavy atom. The molecular formula is C42H70O15. The van der Waals surface area contributed by atoms with Gasteiger partial charge in [-0.05, 0) is 90.8 Å². The molecule has 0 unspecified atom stereocenters. The Morgan fingerprint density at radius 2 is 1.28 bits per heavy atom. The van der Waals surface area contributed by atoms with Gasteiger partial charge in [-0.1, -0.05) is 53.2 Å². The van der Waals surface area contributed by atoms with Crippen molar-refractivity contribution in [3.63, 3.8) is 0 Å². The van der Waals surface area contributed by atoms with E-state index >= 15 is 0 Å². The van der Waals surface area contributed by atoms with Gasteiger partial charge in [-0.2, -0.15) is 0 Å². The van der Waals surface area contributed by atoms with Gasteiger partial charge in [0.1, 0.15) is 48.8 Å². The molecular weight excluding hydrogens is 744 g/mol. The van der Waals surface area contributed by atoms with E-state index in [2.05, 4.69) is 26.8 Å². The van der Waals surface area contributed by atoms with Gasteiger partial charge in [0.15, 0.2) is 12.6 Å². The largest absolute Gasteiger partial charge is 0.396 e. The van der Waals surface area contributed by atoms with Crippen molar-refractivity contribution >= 4 is 0 Å². The molecule has 0 radical (unpaired) electrons. The number of ether oxygens (including phenoxy) is 4. The summed E-state index contributed by atoms with van der Waals surface area (Å²) in [7, 11) is 0. The molecule has 11 N–H and O–H groups in total. The van der Waals surface area contributed by atoms with Crippen LogP contribution in [0.15, 0.2) is 11.6 Å². The van der Waals surface area contributed by atoms with Crippen molar-refractivity contribution in [2.75, 3.05) is 26.4 Å². The van der Waals surface area contributed by atoms with Crippen LogP contribution in [0, 0.1) is 50.2 Å². The summed E-state index contributed by atoms with van der Waals surface area (Å²) in [6, 6.07) is 0. The lowest BCUT2D eigenvalue weighted by atomic mass is 9.33. The van der Waals surface area contributed by atoms with Crippen LogP contribution in [0.3, 0.4) is 0 Å². The monoisotopic (exact) mass is 814 g/mol. The molecule has 0 bridgehead atoms. The van der Waals surface area contributed by atoms with Crippen LogP contribution in [-0.2, 0) is 18.9 Å². The average molecular weight is 815 g/mol. The molecule has 0 aromatic rings. The minimum atomic E-state index is -1.81. The first-order valence-electron chi connectivity index (χ1n) is 21.2. The Balaban J connectivity index is 1.19. The molecule has 4 saturated carbocycles. The lowest BCUT2D eigenvalue weighted by Crippen LogP contribution is -2.69. The van der Waals surface area contributed by atoms with E-state index in [0.29, 0.717) is 19.3 Å². The smallest absolute Gasteiger partial charge is 0.187 e. The van der Waals surface area contributed by atoms with Crippen molar-refractivity contribution < 1.29 is 75.1 Å². The fourth-order valence-corrected chi connectivity index (χ4v) is 13.8. The molecule has 15 heteroatoms. The van der Waals surface area contributed by atoms with Crippen molar-refractivity contribution in [2.24, 2.45) is 50.2 Å². The first-order chi connectivity index (χ1) is 26.6. The fourth-order valence-electron chi connectivity index (χ4n) is 13.8. The topological polar surface area (TPSA) is 259 Å². The van der Waals surface area contributed by atoms with Crippen molar-refractivity contribution in [2.45, 2.75) is 173 Å². The second-order valence-electron chi connectivity index (χ2n) is 20.7. The van der Waals surface area contributed by atoms with Gasteiger partial charge in [-0.15, -0.1) is 0 Å². The highest BCUT2D eigenvalue weighted by molar-refractivity contribution is 5.35. The third-order valence-corrected chi connectivity index (χ3v) is 17.7. The third-order valence-electron chi connectivity index (χ3n) is 17.7. The number of allylic oxidation sites excluding steroid dienone is 2. The molecule has 2 saturated heterocycles. The van der Waals surface area contributed by atoms with Crippen LogP contribution in [0.5, 0.6) is 0 Å². The number of aliphatic hydroxyl groups is 11. The maximum Gasteiger partial charge on any atom is 0.187 e. The Morgan fingerprint density at radius 3 is 1.89 bits per heavy atom. The Hall–Kier alpha value is -0.860. The molecule has 21 atom stereocenters. The Bertz CT molecular complexity index is 1490. The zero-order valence-corrected chi connectivity index (χ0v) is 34.4. The van der Waals surface area contributed by atoms with Crippen LogP contribution >= 0.6 is 0 Å². The number of rotatable bonds is 8. The van der Waals surface area contributed by atoms with Gasteiger partial charge in [0.25, 0.3) is 0 Å². The second-order valence-corrected chi connectivity index (χ2v) is 20.7. The van der Waals surface area contributed by atoms with Gasteiger partial charge in [0, 0.05) is 10.8 Å². The molecule has 7 rings (SSSR count). The summed E-state index contributed by atoms with van der Waals surface area (Å²) in [4.78, 5) is 0. The standard InChI is InChI=1S/C42H70O15/c1-37(2)13-21-20-7-8-25-38(3)11-10-26(47)39(4,18-45)24(38)9-12-40(25,5)41(20,6)14-27(48)42(21,19-46)15-28(37)56-36-34(32(52)30(50)23(17-44)55-36)57-35-33(53)31(51)29(49)22(16-43)54-35/h7,21-36,43-53H,8-19H2,1-6H3/t21-,22-,23-,24-,25-,26+,27+,28+,29-,30-,31+,32+,33-,34-,35+,36+,38+,39+,40-,41-,42-/m1/s1. The van der Waals surface area contributed by atoms with Crippen LogP contribution < -0.4 is 0 Å². The predicted molar refractivity (Wildman–Crippen MR) is 202 cm³/mol. The quantitative estimate of drug-likeness (QED) is 0.111. The van der Waals surface area contributed by atoms with Crippen LogP contribution in [0.4, 0.5) is 0 Å². The summed E-state index contributed by atoms with van der Waals surface area (Å²) >= 11 is 0. The van der Waals surface area contributed by atoms with E-state index in [1.165, 1.54) is 5.57 Å². The third kappa shape index (κ3) is 6.39. The maximum atomic E-state index is 12.5. The molecule has 2 heterocycles. The molecule has 6 fully saturated rings. The lowest BCUT2D eigenvalue weighted by Gasteiger charge is -2.72. The fraction of sp³-hybridized carbons (Fsp3) is 0.952. The van der Waals surface area contributed by atoms with E-state index in [1.54, 1.807) is 0 Å². The van der Waals surface area contributed by atoms with E-state index in [1.807, 2.05) is 20.8 Å². The summed E-state index contributed by atoms with van der Waals surface area (Å²) in [5.41, 5.74) is -1.74. The Kier molecular flexibility index (Phi) is 11.8. The number of aliphatic hydroxyl groups excluding tert-OH is 11. The molecule has 15 nitrogen and oxygen atoms in total. The minimum Gasteiger partial charge on any atom is -0.396 e. The van der Waals surface area contributed by atoms with Crippen LogP contribution in [0.1, 0.15) is 92.9 Å². The van der Waals surface area contributed by atoms with Crippen LogP contribution in [0.2, 0.25) is 0 Å². The van der Waals surface area contributed by atoms with E-state index in [4.69, 9.17) is 18.9 Å². The molecule has 0 aromatic heterocycles. The van der Waals surface area contributed by atoms with Gasteiger partial charge < -0.3 is 75.1 Å². The molecule has 328 valence electrons. The van der Waals surface area contributed by atoms with Gasteiger partial charge >= 0.3 is 0 Å². The lowest BCUT2D eigenvalue weighted by molar-refractivity contribution is -0.378. The molecule has 2 aliphatic heterocycles. The Labute approximate surface area is 335 Å². The highest BCUT2D eigenvalue weighted by atomic mass is 16.8. The maximum absolute atomic E-state index is 12.5. The molecule has 0 amide bonds. The second kappa shape index (κ2) is 15.2.